The Morgan fingerprint density at radius 3 is 2.59 bits per heavy atom. The molecule has 0 spiro atoms. The Bertz CT molecular complexity index is 1280. The van der Waals surface area contributed by atoms with Gasteiger partial charge in [-0.3, -0.25) is 4.79 Å². The lowest BCUT2D eigenvalue weighted by Crippen LogP contribution is -2.44. The fourth-order valence-corrected chi connectivity index (χ4v) is 3.95. The second-order valence-electron chi connectivity index (χ2n) is 8.14. The lowest BCUT2D eigenvalue weighted by atomic mass is 9.79. The van der Waals surface area contributed by atoms with Gasteiger partial charge in [-0.25, -0.2) is 0 Å². The molecule has 0 saturated carbocycles. The summed E-state index contributed by atoms with van der Waals surface area (Å²) in [5.41, 5.74) is 3.95. The summed E-state index contributed by atoms with van der Waals surface area (Å²) >= 11 is 0. The number of carbonyl (C=O) groups is 1. The number of fused-ring (bicyclic) bond motifs is 1. The lowest BCUT2D eigenvalue weighted by Gasteiger charge is -2.26. The van der Waals surface area contributed by atoms with E-state index in [2.05, 4.69) is 15.5 Å². The van der Waals surface area contributed by atoms with Gasteiger partial charge in [0.25, 0.3) is 0 Å². The van der Waals surface area contributed by atoms with E-state index in [1.165, 1.54) is 0 Å². The van der Waals surface area contributed by atoms with Gasteiger partial charge in [0.05, 0.1) is 6.61 Å². The summed E-state index contributed by atoms with van der Waals surface area (Å²) in [7, 11) is 0.778. The van der Waals surface area contributed by atoms with Crippen molar-refractivity contribution in [1.29, 1.82) is 0 Å². The van der Waals surface area contributed by atoms with Gasteiger partial charge in [0, 0.05) is 24.7 Å². The molecule has 0 bridgehead atoms. The Balaban J connectivity index is 1.40. The van der Waals surface area contributed by atoms with Gasteiger partial charge < -0.3 is 24.3 Å². The molecule has 9 heteroatoms. The van der Waals surface area contributed by atoms with Crippen molar-refractivity contribution in [3.63, 3.8) is 0 Å². The predicted molar refractivity (Wildman–Crippen MR) is 130 cm³/mol. The molecular weight excluding hydrogens is 431 g/mol. The maximum absolute atomic E-state index is 13.5. The zero-order valence-corrected chi connectivity index (χ0v) is 18.6. The summed E-state index contributed by atoms with van der Waals surface area (Å²) in [5, 5.41) is 21.3. The maximum atomic E-state index is 13.5. The number of aromatic nitrogens is 2. The quantitative estimate of drug-likeness (QED) is 0.414. The smallest absolute Gasteiger partial charge is 0.423 e. The van der Waals surface area contributed by atoms with Crippen LogP contribution in [0, 0.1) is 0 Å². The third kappa shape index (κ3) is 4.57. The lowest BCUT2D eigenvalue weighted by molar-refractivity contribution is -0.117. The van der Waals surface area contributed by atoms with Crippen LogP contribution in [0.3, 0.4) is 0 Å². The van der Waals surface area contributed by atoms with Crippen molar-refractivity contribution in [2.75, 3.05) is 17.3 Å². The van der Waals surface area contributed by atoms with Crippen molar-refractivity contribution in [3.05, 3.63) is 90.0 Å². The molecule has 1 amide bonds. The number of hydrogen-bond acceptors (Lipinski definition) is 7. The molecule has 1 aliphatic heterocycles. The van der Waals surface area contributed by atoms with Gasteiger partial charge >= 0.3 is 13.1 Å². The first-order chi connectivity index (χ1) is 16.6. The second-order valence-corrected chi connectivity index (χ2v) is 8.14. The molecule has 0 unspecified atom stereocenters. The van der Waals surface area contributed by atoms with E-state index < -0.39 is 13.2 Å². The number of nitrogens with zero attached hydrogens (tertiary/aromatic N) is 3. The van der Waals surface area contributed by atoms with Crippen molar-refractivity contribution >= 4 is 30.2 Å². The Hall–Kier alpha value is -3.95. The van der Waals surface area contributed by atoms with E-state index in [1.54, 1.807) is 24.1 Å². The van der Waals surface area contributed by atoms with Gasteiger partial charge in [-0.05, 0) is 40.9 Å². The van der Waals surface area contributed by atoms with Crippen LogP contribution in [-0.2, 0) is 22.5 Å². The molecule has 3 aromatic carbocycles. The Morgan fingerprint density at radius 2 is 1.82 bits per heavy atom. The van der Waals surface area contributed by atoms with Gasteiger partial charge in [-0.15, -0.1) is 5.10 Å². The summed E-state index contributed by atoms with van der Waals surface area (Å²) in [6, 6.07) is 24.2. The molecule has 8 nitrogen and oxygen atoms in total. The standard InChI is InChI=1S/C25H23BN4O4/c1-30(25-29-28-24(34-25)18-10-6-3-7-11-18)22(14-17-8-4-2-5-9-17)23(31)27-20-13-12-19-16-33-26(32)21(19)15-20/h2-13,15,22,32H,14,16H2,1H3,(H,27,31)/t22-/m0/s1. The van der Waals surface area contributed by atoms with Crippen LogP contribution in [0.1, 0.15) is 11.1 Å². The molecule has 1 aliphatic rings. The van der Waals surface area contributed by atoms with Crippen LogP contribution in [0.2, 0.25) is 0 Å². The second kappa shape index (κ2) is 9.50. The van der Waals surface area contributed by atoms with E-state index in [0.717, 1.165) is 16.7 Å². The van der Waals surface area contributed by atoms with E-state index in [9.17, 15) is 9.82 Å². The largest absolute Gasteiger partial charge is 0.491 e. The molecule has 0 radical (unpaired) electrons. The van der Waals surface area contributed by atoms with Crippen LogP contribution in [0.15, 0.2) is 83.3 Å². The van der Waals surface area contributed by atoms with E-state index in [1.807, 2.05) is 66.7 Å². The fourth-order valence-electron chi connectivity index (χ4n) is 3.95. The predicted octanol–water partition coefficient (Wildman–Crippen LogP) is 2.64. The van der Waals surface area contributed by atoms with Crippen molar-refractivity contribution in [2.45, 2.75) is 19.1 Å². The molecule has 4 aromatic rings. The van der Waals surface area contributed by atoms with Gasteiger partial charge in [0.15, 0.2) is 0 Å². The molecule has 0 aliphatic carbocycles. The van der Waals surface area contributed by atoms with Crippen molar-refractivity contribution in [2.24, 2.45) is 0 Å². The van der Waals surface area contributed by atoms with Crippen molar-refractivity contribution in [1.82, 2.24) is 10.2 Å². The summed E-state index contributed by atoms with van der Waals surface area (Å²) < 4.78 is 11.2. The molecule has 1 atom stereocenters. The Morgan fingerprint density at radius 1 is 1.09 bits per heavy atom. The van der Waals surface area contributed by atoms with E-state index in [0.29, 0.717) is 30.1 Å². The highest BCUT2D eigenvalue weighted by Gasteiger charge is 2.30. The van der Waals surface area contributed by atoms with Gasteiger partial charge in [-0.2, -0.15) is 0 Å². The molecular formula is C25H23BN4O4. The molecule has 34 heavy (non-hydrogen) atoms. The first-order valence-corrected chi connectivity index (χ1v) is 11.0. The van der Waals surface area contributed by atoms with Gasteiger partial charge in [0.2, 0.25) is 11.8 Å². The van der Waals surface area contributed by atoms with Crippen molar-refractivity contribution < 1.29 is 18.9 Å². The zero-order valence-electron chi connectivity index (χ0n) is 18.6. The maximum Gasteiger partial charge on any atom is 0.491 e. The minimum atomic E-state index is -0.982. The Kier molecular flexibility index (Phi) is 6.11. The van der Waals surface area contributed by atoms with Crippen LogP contribution in [0.25, 0.3) is 11.5 Å². The monoisotopic (exact) mass is 454 g/mol. The number of rotatable bonds is 7. The zero-order chi connectivity index (χ0) is 23.5. The van der Waals surface area contributed by atoms with E-state index in [4.69, 9.17) is 9.07 Å². The van der Waals surface area contributed by atoms with Crippen LogP contribution < -0.4 is 15.7 Å². The fraction of sp³-hybridized carbons (Fsp3) is 0.160. The van der Waals surface area contributed by atoms with E-state index >= 15 is 0 Å². The molecule has 1 aromatic heterocycles. The average molecular weight is 454 g/mol. The summed E-state index contributed by atoms with van der Waals surface area (Å²) in [6.07, 6.45) is 0.433. The number of amides is 1. The van der Waals surface area contributed by atoms with Gasteiger partial charge in [-0.1, -0.05) is 59.7 Å². The topological polar surface area (TPSA) is 101 Å². The third-order valence-corrected chi connectivity index (χ3v) is 5.86. The number of likely N-dealkylation sites (N-methyl/N-ethyl adjacent to an activating group) is 1. The van der Waals surface area contributed by atoms with Crippen LogP contribution in [-0.4, -0.2) is 41.3 Å². The molecule has 2 N–H and O–H groups in total. The number of carbonyl (C=O) groups excluding carboxylic acids is 1. The number of anilines is 2. The third-order valence-electron chi connectivity index (χ3n) is 5.86. The average Bonchev–Trinajstić information content (AvgIpc) is 3.51. The number of nitrogens with one attached hydrogen (secondary N) is 1. The summed E-state index contributed by atoms with van der Waals surface area (Å²) in [5.74, 6) is 0.146. The first kappa shape index (κ1) is 21.9. The van der Waals surface area contributed by atoms with Crippen LogP contribution in [0.4, 0.5) is 11.7 Å². The first-order valence-electron chi connectivity index (χ1n) is 11.0. The highest BCUT2D eigenvalue weighted by atomic mass is 16.5. The Labute approximate surface area is 197 Å². The normalized spacial score (nSPS) is 13.4. The summed E-state index contributed by atoms with van der Waals surface area (Å²) in [4.78, 5) is 15.1. The number of hydrogen-bond donors (Lipinski definition) is 2. The van der Waals surface area contributed by atoms with Crippen molar-refractivity contribution in [3.8, 4) is 11.5 Å². The van der Waals surface area contributed by atoms with Crippen LogP contribution in [0.5, 0.6) is 0 Å². The summed E-state index contributed by atoms with van der Waals surface area (Å²) in [6.45, 7) is 0.352. The molecule has 5 rings (SSSR count). The highest BCUT2D eigenvalue weighted by molar-refractivity contribution is 6.61. The molecule has 0 fully saturated rings. The highest BCUT2D eigenvalue weighted by Crippen LogP contribution is 2.24. The van der Waals surface area contributed by atoms with E-state index in [-0.39, 0.29) is 11.9 Å². The van der Waals surface area contributed by atoms with Gasteiger partial charge in [0.1, 0.15) is 6.04 Å². The SMILES string of the molecule is CN(c1nnc(-c2ccccc2)o1)[C@@H](Cc1ccccc1)C(=O)Nc1ccc2c(c1)B(O)OC2. The number of benzene rings is 3. The molecule has 170 valence electrons. The minimum Gasteiger partial charge on any atom is -0.423 e. The molecule has 2 heterocycles. The van der Waals surface area contributed by atoms with Crippen LogP contribution >= 0.6 is 0 Å². The minimum absolute atomic E-state index is 0.237. The molecule has 0 saturated heterocycles.